The quantitative estimate of drug-likeness (QED) is 0.376. The number of nitrogens with zero attached hydrogens (tertiary/aromatic N) is 4. The molecular formula is C26H23FN4O. The van der Waals surface area contributed by atoms with Crippen molar-refractivity contribution in [2.24, 2.45) is 0 Å². The average Bonchev–Trinajstić information content (AvgIpc) is 3.29. The van der Waals surface area contributed by atoms with Crippen LogP contribution in [-0.2, 0) is 0 Å². The van der Waals surface area contributed by atoms with Gasteiger partial charge in [-0.15, -0.1) is 6.58 Å². The highest BCUT2D eigenvalue weighted by Crippen LogP contribution is 2.35. The molecule has 1 atom stereocenters. The van der Waals surface area contributed by atoms with Crippen molar-refractivity contribution in [3.8, 4) is 22.8 Å². The molecule has 0 N–H and O–H groups in total. The fourth-order valence-corrected chi connectivity index (χ4v) is 4.30. The van der Waals surface area contributed by atoms with E-state index in [9.17, 15) is 4.39 Å². The van der Waals surface area contributed by atoms with Gasteiger partial charge in [0.05, 0.1) is 5.52 Å². The number of fused-ring (bicyclic) bond motifs is 1. The van der Waals surface area contributed by atoms with Crippen LogP contribution in [0.5, 0.6) is 11.6 Å². The van der Waals surface area contributed by atoms with Gasteiger partial charge in [-0.3, -0.25) is 4.90 Å². The number of ether oxygens (including phenoxy) is 1. The standard InChI is InChI=1S/C26H23FN4O/c1-2-10-31-11-9-19(16-31)22-13-20(12-21-14-28-17-30-26(21)22)18-7-8-25(29-15-18)32-24-6-4-3-5-23(24)27/h2-8,12-15,17,19H,1,9-11,16H2. The van der Waals surface area contributed by atoms with Crippen LogP contribution in [0.25, 0.3) is 22.0 Å². The fraction of sp³-hybridized carbons (Fsp3) is 0.192. The van der Waals surface area contributed by atoms with Crippen molar-refractivity contribution in [1.82, 2.24) is 19.9 Å². The highest BCUT2D eigenvalue weighted by Gasteiger charge is 2.25. The predicted molar refractivity (Wildman–Crippen MR) is 123 cm³/mol. The van der Waals surface area contributed by atoms with Crippen molar-refractivity contribution in [3.05, 3.63) is 91.3 Å². The second kappa shape index (κ2) is 8.85. The van der Waals surface area contributed by atoms with Crippen molar-refractivity contribution in [1.29, 1.82) is 0 Å². The number of halogens is 1. The fourth-order valence-electron chi connectivity index (χ4n) is 4.30. The molecule has 0 spiro atoms. The summed E-state index contributed by atoms with van der Waals surface area (Å²) in [6.07, 6.45) is 8.26. The Hall–Kier alpha value is -3.64. The SMILES string of the molecule is C=CCN1CCC(c2cc(-c3ccc(Oc4ccccc4F)nc3)cc3cncnc23)C1. The van der Waals surface area contributed by atoms with Gasteiger partial charge in [-0.2, -0.15) is 0 Å². The molecule has 0 amide bonds. The lowest BCUT2D eigenvalue weighted by atomic mass is 9.92. The van der Waals surface area contributed by atoms with Gasteiger partial charge in [-0.25, -0.2) is 19.3 Å². The number of likely N-dealkylation sites (tertiary alicyclic amines) is 1. The van der Waals surface area contributed by atoms with E-state index in [-0.39, 0.29) is 5.75 Å². The molecule has 2 aromatic carbocycles. The van der Waals surface area contributed by atoms with E-state index in [1.165, 1.54) is 11.6 Å². The van der Waals surface area contributed by atoms with Gasteiger partial charge in [0.2, 0.25) is 5.88 Å². The van der Waals surface area contributed by atoms with Crippen molar-refractivity contribution in [2.45, 2.75) is 12.3 Å². The molecule has 32 heavy (non-hydrogen) atoms. The van der Waals surface area contributed by atoms with Crippen LogP contribution < -0.4 is 4.74 Å². The molecule has 3 heterocycles. The number of benzene rings is 2. The first-order chi connectivity index (χ1) is 15.7. The summed E-state index contributed by atoms with van der Waals surface area (Å²) >= 11 is 0. The number of para-hydroxylation sites is 1. The van der Waals surface area contributed by atoms with E-state index in [4.69, 9.17) is 4.74 Å². The van der Waals surface area contributed by atoms with E-state index in [1.54, 1.807) is 36.8 Å². The second-order valence-electron chi connectivity index (χ2n) is 7.98. The molecule has 5 nitrogen and oxygen atoms in total. The Labute approximate surface area is 186 Å². The minimum Gasteiger partial charge on any atom is -0.436 e. The molecule has 4 aromatic rings. The predicted octanol–water partition coefficient (Wildman–Crippen LogP) is 5.60. The van der Waals surface area contributed by atoms with Crippen LogP contribution in [0.3, 0.4) is 0 Å². The first-order valence-corrected chi connectivity index (χ1v) is 10.7. The number of rotatable bonds is 6. The monoisotopic (exact) mass is 426 g/mol. The summed E-state index contributed by atoms with van der Waals surface area (Å²) in [5.74, 6) is 0.491. The second-order valence-corrected chi connectivity index (χ2v) is 7.98. The Morgan fingerprint density at radius 1 is 1.09 bits per heavy atom. The Morgan fingerprint density at radius 3 is 2.81 bits per heavy atom. The number of aromatic nitrogens is 3. The Morgan fingerprint density at radius 2 is 2.00 bits per heavy atom. The summed E-state index contributed by atoms with van der Waals surface area (Å²) in [5, 5.41) is 1.01. The van der Waals surface area contributed by atoms with Gasteiger partial charge in [0.1, 0.15) is 6.33 Å². The van der Waals surface area contributed by atoms with E-state index in [0.717, 1.165) is 48.1 Å². The molecule has 1 saturated heterocycles. The van der Waals surface area contributed by atoms with Crippen molar-refractivity contribution >= 4 is 10.9 Å². The zero-order valence-electron chi connectivity index (χ0n) is 17.6. The summed E-state index contributed by atoms with van der Waals surface area (Å²) in [5.41, 5.74) is 4.24. The molecule has 1 unspecified atom stereocenters. The maximum atomic E-state index is 13.9. The van der Waals surface area contributed by atoms with Crippen LogP contribution >= 0.6 is 0 Å². The van der Waals surface area contributed by atoms with Gasteiger partial charge in [0, 0.05) is 42.5 Å². The Balaban J connectivity index is 1.46. The molecular weight excluding hydrogens is 403 g/mol. The largest absolute Gasteiger partial charge is 0.436 e. The number of hydrogen-bond acceptors (Lipinski definition) is 5. The normalized spacial score (nSPS) is 16.3. The van der Waals surface area contributed by atoms with Crippen molar-refractivity contribution in [2.75, 3.05) is 19.6 Å². The minimum absolute atomic E-state index is 0.156. The van der Waals surface area contributed by atoms with Gasteiger partial charge < -0.3 is 4.74 Å². The molecule has 1 fully saturated rings. The molecule has 6 heteroatoms. The van der Waals surface area contributed by atoms with Crippen LogP contribution in [0, 0.1) is 5.82 Å². The molecule has 0 saturated carbocycles. The molecule has 1 aliphatic rings. The van der Waals surface area contributed by atoms with E-state index >= 15 is 0 Å². The van der Waals surface area contributed by atoms with Gasteiger partial charge in [-0.05, 0) is 60.3 Å². The highest BCUT2D eigenvalue weighted by molar-refractivity contribution is 5.87. The zero-order valence-corrected chi connectivity index (χ0v) is 17.6. The molecule has 5 rings (SSSR count). The first-order valence-electron chi connectivity index (χ1n) is 10.7. The maximum Gasteiger partial charge on any atom is 0.219 e. The number of pyridine rings is 1. The van der Waals surface area contributed by atoms with Crippen LogP contribution in [0.2, 0.25) is 0 Å². The maximum absolute atomic E-state index is 13.9. The van der Waals surface area contributed by atoms with E-state index in [2.05, 4.69) is 38.6 Å². The van der Waals surface area contributed by atoms with E-state index < -0.39 is 5.82 Å². The van der Waals surface area contributed by atoms with Gasteiger partial charge in [0.25, 0.3) is 0 Å². The van der Waals surface area contributed by atoms with E-state index in [0.29, 0.717) is 11.8 Å². The highest BCUT2D eigenvalue weighted by atomic mass is 19.1. The third kappa shape index (κ3) is 4.09. The Kier molecular flexibility index (Phi) is 5.60. The topological polar surface area (TPSA) is 51.1 Å². The van der Waals surface area contributed by atoms with Gasteiger partial charge in [-0.1, -0.05) is 18.2 Å². The van der Waals surface area contributed by atoms with E-state index in [1.807, 2.05) is 18.3 Å². The smallest absolute Gasteiger partial charge is 0.219 e. The summed E-state index contributed by atoms with van der Waals surface area (Å²) in [4.78, 5) is 15.6. The summed E-state index contributed by atoms with van der Waals surface area (Å²) in [7, 11) is 0. The Bertz CT molecular complexity index is 1260. The number of hydrogen-bond donors (Lipinski definition) is 0. The third-order valence-electron chi connectivity index (χ3n) is 5.86. The lowest BCUT2D eigenvalue weighted by Crippen LogP contribution is -2.20. The third-order valence-corrected chi connectivity index (χ3v) is 5.86. The van der Waals surface area contributed by atoms with Gasteiger partial charge in [0.15, 0.2) is 11.6 Å². The molecule has 160 valence electrons. The summed E-state index contributed by atoms with van der Waals surface area (Å²) < 4.78 is 19.5. The lowest BCUT2D eigenvalue weighted by molar-refractivity contribution is 0.372. The molecule has 0 bridgehead atoms. The first kappa shape index (κ1) is 20.3. The van der Waals surface area contributed by atoms with Crippen LogP contribution in [0.4, 0.5) is 4.39 Å². The minimum atomic E-state index is -0.417. The molecule has 1 aliphatic heterocycles. The van der Waals surface area contributed by atoms with Crippen LogP contribution in [-0.4, -0.2) is 39.5 Å². The summed E-state index contributed by atoms with van der Waals surface area (Å²) in [6, 6.07) is 14.3. The molecule has 0 radical (unpaired) electrons. The van der Waals surface area contributed by atoms with Crippen molar-refractivity contribution in [3.63, 3.8) is 0 Å². The van der Waals surface area contributed by atoms with Gasteiger partial charge >= 0.3 is 0 Å². The van der Waals surface area contributed by atoms with Crippen LogP contribution in [0.15, 0.2) is 79.9 Å². The zero-order chi connectivity index (χ0) is 21.9. The lowest BCUT2D eigenvalue weighted by Gasteiger charge is -2.16. The van der Waals surface area contributed by atoms with Crippen molar-refractivity contribution < 1.29 is 9.13 Å². The molecule has 2 aromatic heterocycles. The average molecular weight is 426 g/mol. The molecule has 0 aliphatic carbocycles. The van der Waals surface area contributed by atoms with Crippen LogP contribution in [0.1, 0.15) is 17.9 Å². The summed E-state index contributed by atoms with van der Waals surface area (Å²) in [6.45, 7) is 6.80.